The average molecular weight is 283 g/mol. The van der Waals surface area contributed by atoms with Gasteiger partial charge in [-0.05, 0) is 30.3 Å². The Morgan fingerprint density at radius 3 is 2.25 bits per heavy atom. The number of phenolic OH excluding ortho intramolecular Hbond substituents is 1. The second-order valence-corrected chi connectivity index (χ2v) is 3.97. The summed E-state index contributed by atoms with van der Waals surface area (Å²) in [6.45, 7) is 0. The third-order valence-corrected chi connectivity index (χ3v) is 2.58. The number of aromatic carboxylic acids is 1. The van der Waals surface area contributed by atoms with Gasteiger partial charge in [-0.2, -0.15) is 13.2 Å². The van der Waals surface area contributed by atoms with Crippen LogP contribution >= 0.6 is 0 Å². The number of phenols is 1. The molecule has 1 aromatic heterocycles. The number of pyridine rings is 1. The van der Waals surface area contributed by atoms with E-state index in [2.05, 4.69) is 4.98 Å². The Hall–Kier alpha value is -2.57. The fourth-order valence-electron chi connectivity index (χ4n) is 1.65. The molecule has 0 fully saturated rings. The van der Waals surface area contributed by atoms with Gasteiger partial charge in [0.25, 0.3) is 0 Å². The van der Waals surface area contributed by atoms with Crippen LogP contribution in [0.3, 0.4) is 0 Å². The van der Waals surface area contributed by atoms with Crippen LogP contribution in [0.25, 0.3) is 11.3 Å². The predicted octanol–water partition coefficient (Wildman–Crippen LogP) is 3.17. The number of alkyl halides is 3. The van der Waals surface area contributed by atoms with E-state index >= 15 is 0 Å². The predicted molar refractivity (Wildman–Crippen MR) is 63.3 cm³/mol. The van der Waals surface area contributed by atoms with Crippen molar-refractivity contribution >= 4 is 5.97 Å². The maximum atomic E-state index is 13.0. The smallest absolute Gasteiger partial charge is 0.418 e. The van der Waals surface area contributed by atoms with E-state index in [1.54, 1.807) is 0 Å². The van der Waals surface area contributed by atoms with E-state index in [1.165, 1.54) is 24.3 Å². The summed E-state index contributed by atoms with van der Waals surface area (Å²) in [5.74, 6) is -1.58. The molecule has 4 nitrogen and oxygen atoms in total. The highest BCUT2D eigenvalue weighted by atomic mass is 19.4. The Labute approximate surface area is 111 Å². The lowest BCUT2D eigenvalue weighted by Gasteiger charge is -2.12. The zero-order chi connectivity index (χ0) is 14.9. The van der Waals surface area contributed by atoms with Crippen LogP contribution in [0, 0.1) is 0 Å². The highest BCUT2D eigenvalue weighted by molar-refractivity contribution is 5.88. The first-order valence-corrected chi connectivity index (χ1v) is 5.39. The number of hydrogen-bond acceptors (Lipinski definition) is 3. The van der Waals surface area contributed by atoms with E-state index in [9.17, 15) is 18.0 Å². The van der Waals surface area contributed by atoms with Crippen molar-refractivity contribution < 1.29 is 28.2 Å². The molecular weight excluding hydrogens is 275 g/mol. The van der Waals surface area contributed by atoms with Crippen molar-refractivity contribution in [2.45, 2.75) is 6.18 Å². The SMILES string of the molecule is O=C(O)c1cnc(-c2ccc(O)cc2)c(C(F)(F)F)c1. The molecular formula is C13H8F3NO3. The van der Waals surface area contributed by atoms with Crippen LogP contribution in [0.15, 0.2) is 36.5 Å². The highest BCUT2D eigenvalue weighted by Gasteiger charge is 2.35. The molecule has 2 aromatic rings. The van der Waals surface area contributed by atoms with Crippen LogP contribution < -0.4 is 0 Å². The van der Waals surface area contributed by atoms with Gasteiger partial charge in [-0.3, -0.25) is 4.98 Å². The largest absolute Gasteiger partial charge is 0.508 e. The highest BCUT2D eigenvalue weighted by Crippen LogP contribution is 2.36. The van der Waals surface area contributed by atoms with Gasteiger partial charge >= 0.3 is 12.1 Å². The van der Waals surface area contributed by atoms with Crippen LogP contribution in [-0.4, -0.2) is 21.2 Å². The summed E-state index contributed by atoms with van der Waals surface area (Å²) in [7, 11) is 0. The number of carboxylic acid groups (broad SMARTS) is 1. The molecule has 0 aliphatic carbocycles. The van der Waals surface area contributed by atoms with Gasteiger partial charge in [0, 0.05) is 11.8 Å². The molecule has 0 aliphatic rings. The van der Waals surface area contributed by atoms with Gasteiger partial charge in [0.15, 0.2) is 0 Å². The van der Waals surface area contributed by atoms with Gasteiger partial charge in [-0.25, -0.2) is 4.79 Å². The first kappa shape index (κ1) is 13.9. The van der Waals surface area contributed by atoms with Crippen molar-refractivity contribution in [2.24, 2.45) is 0 Å². The number of carbonyl (C=O) groups is 1. The molecule has 2 N–H and O–H groups in total. The van der Waals surface area contributed by atoms with Crippen LogP contribution in [0.4, 0.5) is 13.2 Å². The number of carboxylic acids is 1. The molecule has 20 heavy (non-hydrogen) atoms. The maximum absolute atomic E-state index is 13.0. The molecule has 0 amide bonds. The molecule has 0 radical (unpaired) electrons. The van der Waals surface area contributed by atoms with Crippen molar-refractivity contribution in [3.05, 3.63) is 47.7 Å². The molecule has 7 heteroatoms. The number of aromatic nitrogens is 1. The third kappa shape index (κ3) is 2.71. The minimum absolute atomic E-state index is 0.0931. The average Bonchev–Trinajstić information content (AvgIpc) is 2.38. The number of aromatic hydroxyl groups is 1. The van der Waals surface area contributed by atoms with Crippen LogP contribution in [0.1, 0.15) is 15.9 Å². The van der Waals surface area contributed by atoms with Crippen LogP contribution in [-0.2, 0) is 6.18 Å². The van der Waals surface area contributed by atoms with Gasteiger partial charge in [-0.15, -0.1) is 0 Å². The molecule has 0 spiro atoms. The number of benzene rings is 1. The summed E-state index contributed by atoms with van der Waals surface area (Å²) in [5, 5.41) is 17.9. The van der Waals surface area contributed by atoms with Gasteiger partial charge < -0.3 is 10.2 Å². The van der Waals surface area contributed by atoms with Gasteiger partial charge in [0.05, 0.1) is 16.8 Å². The Morgan fingerprint density at radius 1 is 1.15 bits per heavy atom. The third-order valence-electron chi connectivity index (χ3n) is 2.58. The maximum Gasteiger partial charge on any atom is 0.418 e. The summed E-state index contributed by atoms with van der Waals surface area (Å²) in [5.41, 5.74) is -1.93. The van der Waals surface area contributed by atoms with Crippen LogP contribution in [0.2, 0.25) is 0 Å². The Bertz CT molecular complexity index is 651. The minimum atomic E-state index is -4.73. The molecule has 0 saturated heterocycles. The van der Waals surface area contributed by atoms with Crippen molar-refractivity contribution in [1.29, 1.82) is 0 Å². The zero-order valence-corrected chi connectivity index (χ0v) is 9.85. The summed E-state index contributed by atoms with van der Waals surface area (Å²) in [6.07, 6.45) is -3.87. The van der Waals surface area contributed by atoms with Gasteiger partial charge in [-0.1, -0.05) is 0 Å². The fourth-order valence-corrected chi connectivity index (χ4v) is 1.65. The molecule has 0 unspecified atom stereocenters. The fraction of sp³-hybridized carbons (Fsp3) is 0.0769. The molecule has 2 rings (SSSR count). The van der Waals surface area contributed by atoms with Crippen LogP contribution in [0.5, 0.6) is 5.75 Å². The molecule has 104 valence electrons. The van der Waals surface area contributed by atoms with E-state index in [0.29, 0.717) is 6.07 Å². The summed E-state index contributed by atoms with van der Waals surface area (Å²) in [6, 6.07) is 5.53. The Kier molecular flexibility index (Phi) is 3.35. The van der Waals surface area contributed by atoms with Crippen molar-refractivity contribution in [2.75, 3.05) is 0 Å². The topological polar surface area (TPSA) is 70.4 Å². The molecule has 0 saturated carbocycles. The number of halogens is 3. The quantitative estimate of drug-likeness (QED) is 0.888. The minimum Gasteiger partial charge on any atom is -0.508 e. The lowest BCUT2D eigenvalue weighted by Crippen LogP contribution is -2.11. The lowest BCUT2D eigenvalue weighted by molar-refractivity contribution is -0.137. The number of nitrogens with zero attached hydrogens (tertiary/aromatic N) is 1. The summed E-state index contributed by atoms with van der Waals surface area (Å²) < 4.78 is 38.9. The number of hydrogen-bond donors (Lipinski definition) is 2. The van der Waals surface area contributed by atoms with E-state index in [1.807, 2.05) is 0 Å². The Morgan fingerprint density at radius 2 is 1.75 bits per heavy atom. The Balaban J connectivity index is 2.63. The molecule has 1 aromatic carbocycles. The van der Waals surface area contributed by atoms with E-state index in [0.717, 1.165) is 6.20 Å². The molecule has 0 atom stereocenters. The molecule has 0 bridgehead atoms. The van der Waals surface area contributed by atoms with E-state index < -0.39 is 23.3 Å². The summed E-state index contributed by atoms with van der Waals surface area (Å²) in [4.78, 5) is 14.3. The second-order valence-electron chi connectivity index (χ2n) is 3.97. The van der Waals surface area contributed by atoms with Gasteiger partial charge in [0.2, 0.25) is 0 Å². The lowest BCUT2D eigenvalue weighted by atomic mass is 10.0. The normalized spacial score (nSPS) is 11.3. The monoisotopic (exact) mass is 283 g/mol. The van der Waals surface area contributed by atoms with Crippen molar-refractivity contribution in [3.63, 3.8) is 0 Å². The first-order chi connectivity index (χ1) is 9.29. The van der Waals surface area contributed by atoms with E-state index in [4.69, 9.17) is 10.2 Å². The first-order valence-electron chi connectivity index (χ1n) is 5.39. The molecule has 0 aliphatic heterocycles. The molecule has 1 heterocycles. The summed E-state index contributed by atoms with van der Waals surface area (Å²) >= 11 is 0. The second kappa shape index (κ2) is 4.84. The van der Waals surface area contributed by atoms with Gasteiger partial charge in [0.1, 0.15) is 5.75 Å². The standard InChI is InChI=1S/C13H8F3NO3/c14-13(15,16)10-5-8(12(19)20)6-17-11(10)7-1-3-9(18)4-2-7/h1-6,18H,(H,19,20). The van der Waals surface area contributed by atoms with Crippen molar-refractivity contribution in [1.82, 2.24) is 4.98 Å². The number of rotatable bonds is 2. The zero-order valence-electron chi connectivity index (χ0n) is 9.85. The van der Waals surface area contributed by atoms with E-state index in [-0.39, 0.29) is 17.0 Å². The van der Waals surface area contributed by atoms with Crippen molar-refractivity contribution in [3.8, 4) is 17.0 Å².